The van der Waals surface area contributed by atoms with Crippen molar-refractivity contribution in [2.75, 3.05) is 18.5 Å². The fourth-order valence-electron chi connectivity index (χ4n) is 4.50. The Balaban J connectivity index is 1.48. The lowest BCUT2D eigenvalue weighted by Crippen LogP contribution is -2.44. The molecule has 0 radical (unpaired) electrons. The number of nitrogens with zero attached hydrogens (tertiary/aromatic N) is 3. The molecule has 1 aromatic heterocycles. The summed E-state index contributed by atoms with van der Waals surface area (Å²) >= 11 is 0. The van der Waals surface area contributed by atoms with Crippen LogP contribution < -0.4 is 9.64 Å². The molecular weight excluding hydrogens is 338 g/mol. The third-order valence-corrected chi connectivity index (χ3v) is 5.85. The van der Waals surface area contributed by atoms with Gasteiger partial charge < -0.3 is 14.2 Å². The number of anilines is 1. The van der Waals surface area contributed by atoms with Gasteiger partial charge in [0.05, 0.1) is 11.7 Å². The van der Waals surface area contributed by atoms with Gasteiger partial charge in [-0.05, 0) is 23.8 Å². The molecule has 0 spiro atoms. The molecule has 2 aromatic carbocycles. The number of amides is 1. The van der Waals surface area contributed by atoms with Crippen LogP contribution in [0.1, 0.15) is 12.0 Å². The van der Waals surface area contributed by atoms with Crippen molar-refractivity contribution >= 4 is 22.5 Å². The molecule has 3 aromatic rings. The number of carbonyl (C=O) groups is 1. The number of rotatable bonds is 2. The molecule has 5 nitrogen and oxygen atoms in total. The standard InChI is InChI=1S/C22H23N3O2/c1-23-12-15(17-7-3-4-8-18(17)23)13-25-14-16-11-20(25)22(26)24(2)19-9-5-6-10-21(19)27-16/h3-10,12,16,20H,11,13-14H2,1-2H3/t16-,20-/m0/s1. The van der Waals surface area contributed by atoms with Crippen molar-refractivity contribution in [3.05, 3.63) is 60.3 Å². The van der Waals surface area contributed by atoms with Gasteiger partial charge in [0.1, 0.15) is 11.9 Å². The molecule has 2 bridgehead atoms. The summed E-state index contributed by atoms with van der Waals surface area (Å²) in [6, 6.07) is 16.1. The van der Waals surface area contributed by atoms with Crippen molar-refractivity contribution in [3.63, 3.8) is 0 Å². The Morgan fingerprint density at radius 3 is 2.74 bits per heavy atom. The first-order valence-corrected chi connectivity index (χ1v) is 9.42. The summed E-state index contributed by atoms with van der Waals surface area (Å²) in [7, 11) is 3.92. The minimum atomic E-state index is -0.146. The van der Waals surface area contributed by atoms with E-state index in [4.69, 9.17) is 4.74 Å². The van der Waals surface area contributed by atoms with E-state index in [1.165, 1.54) is 16.5 Å². The average Bonchev–Trinajstić information content (AvgIpc) is 3.22. The van der Waals surface area contributed by atoms with Gasteiger partial charge in [0.25, 0.3) is 0 Å². The van der Waals surface area contributed by atoms with Gasteiger partial charge in [-0.15, -0.1) is 0 Å². The fraction of sp³-hybridized carbons (Fsp3) is 0.318. The Hall–Kier alpha value is -2.79. The highest BCUT2D eigenvalue weighted by atomic mass is 16.5. The second-order valence-electron chi connectivity index (χ2n) is 7.57. The summed E-state index contributed by atoms with van der Waals surface area (Å²) in [6.07, 6.45) is 2.96. The first-order valence-electron chi connectivity index (χ1n) is 9.42. The van der Waals surface area contributed by atoms with Crippen LogP contribution in [0, 0.1) is 0 Å². The number of aryl methyl sites for hydroxylation is 1. The van der Waals surface area contributed by atoms with Crippen LogP contribution in [0.4, 0.5) is 5.69 Å². The molecule has 0 N–H and O–H groups in total. The molecule has 1 fully saturated rings. The third kappa shape index (κ3) is 2.61. The topological polar surface area (TPSA) is 37.7 Å². The van der Waals surface area contributed by atoms with E-state index in [1.807, 2.05) is 31.3 Å². The summed E-state index contributed by atoms with van der Waals surface area (Å²) in [5.41, 5.74) is 3.33. The monoisotopic (exact) mass is 361 g/mol. The molecule has 1 amide bonds. The lowest BCUT2D eigenvalue weighted by atomic mass is 10.1. The molecule has 5 rings (SSSR count). The molecule has 3 heterocycles. The van der Waals surface area contributed by atoms with Gasteiger partial charge in [0, 0.05) is 50.7 Å². The highest BCUT2D eigenvalue weighted by Crippen LogP contribution is 2.36. The molecule has 2 aliphatic heterocycles. The molecule has 0 saturated carbocycles. The normalized spacial score (nSPS) is 22.4. The second kappa shape index (κ2) is 6.13. The molecule has 1 saturated heterocycles. The number of aromatic nitrogens is 1. The third-order valence-electron chi connectivity index (χ3n) is 5.85. The zero-order valence-corrected chi connectivity index (χ0v) is 15.6. The van der Waals surface area contributed by atoms with Gasteiger partial charge >= 0.3 is 0 Å². The summed E-state index contributed by atoms with van der Waals surface area (Å²) in [4.78, 5) is 17.2. The lowest BCUT2D eigenvalue weighted by molar-refractivity contribution is -0.122. The van der Waals surface area contributed by atoms with Crippen LogP contribution in [0.2, 0.25) is 0 Å². The number of hydrogen-bond donors (Lipinski definition) is 0. The Morgan fingerprint density at radius 1 is 1.07 bits per heavy atom. The highest BCUT2D eigenvalue weighted by molar-refractivity contribution is 5.98. The fourth-order valence-corrected chi connectivity index (χ4v) is 4.50. The minimum absolute atomic E-state index is 0.0452. The summed E-state index contributed by atoms with van der Waals surface area (Å²) in [5, 5.41) is 1.25. The van der Waals surface area contributed by atoms with E-state index in [0.29, 0.717) is 0 Å². The average molecular weight is 361 g/mol. The number of ether oxygens (including phenoxy) is 1. The Morgan fingerprint density at radius 2 is 1.85 bits per heavy atom. The van der Waals surface area contributed by atoms with Gasteiger partial charge in [-0.3, -0.25) is 9.69 Å². The number of likely N-dealkylation sites (N-methyl/N-ethyl adjacent to an activating group) is 1. The summed E-state index contributed by atoms with van der Waals surface area (Å²) in [6.45, 7) is 1.52. The van der Waals surface area contributed by atoms with E-state index in [2.05, 4.69) is 47.0 Å². The Kier molecular flexibility index (Phi) is 3.72. The maximum atomic E-state index is 13.2. The lowest BCUT2D eigenvalue weighted by Gasteiger charge is -2.29. The van der Waals surface area contributed by atoms with Gasteiger partial charge in [0.15, 0.2) is 0 Å². The predicted octanol–water partition coefficient (Wildman–Crippen LogP) is 3.18. The van der Waals surface area contributed by atoms with Crippen molar-refractivity contribution in [2.45, 2.75) is 25.1 Å². The molecule has 0 aliphatic carbocycles. The molecule has 5 heteroatoms. The van der Waals surface area contributed by atoms with Crippen LogP contribution in [-0.2, 0) is 18.4 Å². The van der Waals surface area contributed by atoms with Crippen LogP contribution in [-0.4, -0.2) is 41.1 Å². The van der Waals surface area contributed by atoms with Crippen molar-refractivity contribution in [3.8, 4) is 5.75 Å². The van der Waals surface area contributed by atoms with E-state index in [9.17, 15) is 4.79 Å². The van der Waals surface area contributed by atoms with Crippen molar-refractivity contribution in [1.82, 2.24) is 9.47 Å². The smallest absolute Gasteiger partial charge is 0.244 e. The van der Waals surface area contributed by atoms with Crippen molar-refractivity contribution in [1.29, 1.82) is 0 Å². The van der Waals surface area contributed by atoms with Crippen LogP contribution in [0.5, 0.6) is 5.75 Å². The van der Waals surface area contributed by atoms with E-state index < -0.39 is 0 Å². The second-order valence-corrected chi connectivity index (χ2v) is 7.57. The van der Waals surface area contributed by atoms with Crippen molar-refractivity contribution < 1.29 is 9.53 Å². The SMILES string of the molecule is CN1C(=O)[C@@H]2C[C@@H](CN2Cc2cn(C)c3ccccc23)Oc2ccccc21. The number of likely N-dealkylation sites (tertiary alicyclic amines) is 1. The van der Waals surface area contributed by atoms with Crippen molar-refractivity contribution in [2.24, 2.45) is 7.05 Å². The van der Waals surface area contributed by atoms with Gasteiger partial charge in [0.2, 0.25) is 5.91 Å². The van der Waals surface area contributed by atoms with E-state index in [-0.39, 0.29) is 18.1 Å². The number of benzene rings is 2. The minimum Gasteiger partial charge on any atom is -0.487 e. The molecule has 0 unspecified atom stereocenters. The van der Waals surface area contributed by atoms with Crippen LogP contribution in [0.25, 0.3) is 10.9 Å². The zero-order chi connectivity index (χ0) is 18.5. The number of carbonyl (C=O) groups excluding carboxylic acids is 1. The first-order chi connectivity index (χ1) is 13.1. The predicted molar refractivity (Wildman–Crippen MR) is 106 cm³/mol. The number of fused-ring (bicyclic) bond motifs is 4. The molecule has 138 valence electrons. The summed E-state index contributed by atoms with van der Waals surface area (Å²) < 4.78 is 8.42. The van der Waals surface area contributed by atoms with Crippen LogP contribution in [0.3, 0.4) is 0 Å². The van der Waals surface area contributed by atoms with E-state index in [1.54, 1.807) is 4.90 Å². The summed E-state index contributed by atoms with van der Waals surface area (Å²) in [5.74, 6) is 0.942. The molecular formula is C22H23N3O2. The van der Waals surface area contributed by atoms with Crippen LogP contribution in [0.15, 0.2) is 54.7 Å². The molecule has 2 atom stereocenters. The van der Waals surface area contributed by atoms with Gasteiger partial charge in [-0.2, -0.15) is 0 Å². The quantitative estimate of drug-likeness (QED) is 0.704. The Labute approximate surface area is 158 Å². The van der Waals surface area contributed by atoms with Gasteiger partial charge in [-0.1, -0.05) is 30.3 Å². The Bertz CT molecular complexity index is 1030. The van der Waals surface area contributed by atoms with E-state index >= 15 is 0 Å². The maximum absolute atomic E-state index is 13.2. The largest absolute Gasteiger partial charge is 0.487 e. The highest BCUT2D eigenvalue weighted by Gasteiger charge is 2.42. The number of hydrogen-bond acceptors (Lipinski definition) is 3. The molecule has 27 heavy (non-hydrogen) atoms. The van der Waals surface area contributed by atoms with E-state index in [0.717, 1.165) is 30.9 Å². The number of para-hydroxylation sites is 3. The first kappa shape index (κ1) is 16.4. The van der Waals surface area contributed by atoms with Gasteiger partial charge in [-0.25, -0.2) is 0 Å². The maximum Gasteiger partial charge on any atom is 0.244 e. The van der Waals surface area contributed by atoms with Crippen LogP contribution >= 0.6 is 0 Å². The zero-order valence-electron chi connectivity index (χ0n) is 15.6. The molecule has 2 aliphatic rings.